The summed E-state index contributed by atoms with van der Waals surface area (Å²) in [5.41, 5.74) is -0.0768. The second-order valence-corrected chi connectivity index (χ2v) is 8.26. The Morgan fingerprint density at radius 3 is 2.55 bits per heavy atom. The summed E-state index contributed by atoms with van der Waals surface area (Å²) >= 11 is 0. The summed E-state index contributed by atoms with van der Waals surface area (Å²) in [4.78, 5) is 28.4. The van der Waals surface area contributed by atoms with Crippen LogP contribution in [0.15, 0.2) is 22.6 Å². The van der Waals surface area contributed by atoms with E-state index in [0.29, 0.717) is 29.6 Å². The zero-order valence-electron chi connectivity index (χ0n) is 18.4. The van der Waals surface area contributed by atoms with E-state index < -0.39 is 17.7 Å². The van der Waals surface area contributed by atoms with Gasteiger partial charge in [-0.3, -0.25) is 0 Å². The van der Waals surface area contributed by atoms with Gasteiger partial charge in [-0.1, -0.05) is 0 Å². The molecule has 1 aliphatic rings. The first kappa shape index (κ1) is 22.5. The maximum Gasteiger partial charge on any atom is 0.408 e. The molecule has 9 nitrogen and oxygen atoms in total. The third kappa shape index (κ3) is 6.13. The van der Waals surface area contributed by atoms with E-state index in [4.69, 9.17) is 23.4 Å². The standard InChI is InChI=1S/C22H28N2O7/c1-22(2,3)31-21(26)23-11-17-18(20(25)28-5)24-19(30-17)14-8-9-15(27-4)16(10-14)29-12-13-6-7-13/h8-10,13H,6-7,11-12H2,1-5H3,(H,23,26). The van der Waals surface area contributed by atoms with Gasteiger partial charge in [0, 0.05) is 5.56 Å². The lowest BCUT2D eigenvalue weighted by atomic mass is 10.2. The summed E-state index contributed by atoms with van der Waals surface area (Å²) in [6, 6.07) is 5.25. The predicted molar refractivity (Wildman–Crippen MR) is 111 cm³/mol. The van der Waals surface area contributed by atoms with Crippen molar-refractivity contribution in [1.29, 1.82) is 0 Å². The average Bonchev–Trinajstić information content (AvgIpc) is 3.45. The van der Waals surface area contributed by atoms with E-state index in [1.807, 2.05) is 0 Å². The van der Waals surface area contributed by atoms with Crippen molar-refractivity contribution in [1.82, 2.24) is 10.3 Å². The van der Waals surface area contributed by atoms with Crippen LogP contribution in [0.3, 0.4) is 0 Å². The van der Waals surface area contributed by atoms with Gasteiger partial charge in [0.25, 0.3) is 0 Å². The van der Waals surface area contributed by atoms with E-state index in [1.54, 1.807) is 46.1 Å². The molecule has 1 aromatic heterocycles. The van der Waals surface area contributed by atoms with Crippen molar-refractivity contribution in [2.24, 2.45) is 5.92 Å². The number of hydrogen-bond acceptors (Lipinski definition) is 8. The van der Waals surface area contributed by atoms with Crippen LogP contribution in [-0.4, -0.2) is 43.5 Å². The van der Waals surface area contributed by atoms with Crippen LogP contribution in [-0.2, 0) is 16.0 Å². The van der Waals surface area contributed by atoms with Crippen LogP contribution in [0.5, 0.6) is 11.5 Å². The van der Waals surface area contributed by atoms with Crippen molar-refractivity contribution in [3.63, 3.8) is 0 Å². The van der Waals surface area contributed by atoms with Crippen LogP contribution in [0.4, 0.5) is 4.79 Å². The zero-order chi connectivity index (χ0) is 22.6. The SMILES string of the molecule is COC(=O)c1nc(-c2ccc(OC)c(OCC3CC3)c2)oc1CNC(=O)OC(C)(C)C. The Labute approximate surface area is 181 Å². The Morgan fingerprint density at radius 1 is 1.19 bits per heavy atom. The van der Waals surface area contributed by atoms with Gasteiger partial charge in [-0.25, -0.2) is 14.6 Å². The summed E-state index contributed by atoms with van der Waals surface area (Å²) in [7, 11) is 2.82. The smallest absolute Gasteiger partial charge is 0.408 e. The molecule has 1 amide bonds. The molecule has 1 heterocycles. The molecule has 1 N–H and O–H groups in total. The minimum atomic E-state index is -0.672. The van der Waals surface area contributed by atoms with Gasteiger partial charge in [-0.2, -0.15) is 0 Å². The highest BCUT2D eigenvalue weighted by Gasteiger charge is 2.25. The lowest BCUT2D eigenvalue weighted by Gasteiger charge is -2.19. The Bertz CT molecular complexity index is 942. The molecular weight excluding hydrogens is 404 g/mol. The number of amides is 1. The number of esters is 1. The summed E-state index contributed by atoms with van der Waals surface area (Å²) in [5, 5.41) is 2.56. The van der Waals surface area contributed by atoms with Gasteiger partial charge < -0.3 is 28.7 Å². The van der Waals surface area contributed by atoms with Crippen molar-refractivity contribution < 1.29 is 33.0 Å². The number of carbonyl (C=O) groups is 2. The summed E-state index contributed by atoms with van der Waals surface area (Å²) < 4.78 is 27.1. The van der Waals surface area contributed by atoms with Crippen LogP contribution in [0, 0.1) is 5.92 Å². The molecule has 0 bridgehead atoms. The van der Waals surface area contributed by atoms with Gasteiger partial charge in [0.15, 0.2) is 23.0 Å². The molecule has 0 spiro atoms. The van der Waals surface area contributed by atoms with E-state index in [0.717, 1.165) is 12.8 Å². The highest BCUT2D eigenvalue weighted by molar-refractivity contribution is 5.89. The monoisotopic (exact) mass is 432 g/mol. The molecule has 0 atom stereocenters. The first-order chi connectivity index (χ1) is 14.7. The van der Waals surface area contributed by atoms with Gasteiger partial charge >= 0.3 is 12.1 Å². The topological polar surface area (TPSA) is 109 Å². The molecule has 1 aliphatic carbocycles. The van der Waals surface area contributed by atoms with E-state index in [1.165, 1.54) is 7.11 Å². The number of benzene rings is 1. The highest BCUT2D eigenvalue weighted by atomic mass is 16.6. The lowest BCUT2D eigenvalue weighted by Crippen LogP contribution is -2.32. The summed E-state index contributed by atoms with van der Waals surface area (Å²) in [5.74, 6) is 1.42. The second-order valence-electron chi connectivity index (χ2n) is 8.26. The Kier molecular flexibility index (Phi) is 6.72. The minimum Gasteiger partial charge on any atom is -0.493 e. The lowest BCUT2D eigenvalue weighted by molar-refractivity contribution is 0.0513. The van der Waals surface area contributed by atoms with Gasteiger partial charge in [0.2, 0.25) is 5.89 Å². The molecule has 168 valence electrons. The van der Waals surface area contributed by atoms with Gasteiger partial charge in [0.1, 0.15) is 5.60 Å². The molecule has 1 saturated carbocycles. The fraction of sp³-hybridized carbons (Fsp3) is 0.500. The van der Waals surface area contributed by atoms with Crippen molar-refractivity contribution in [3.8, 4) is 23.0 Å². The maximum absolute atomic E-state index is 12.2. The number of nitrogens with zero attached hydrogens (tertiary/aromatic N) is 1. The molecule has 2 aromatic rings. The number of ether oxygens (including phenoxy) is 4. The molecule has 3 rings (SSSR count). The molecule has 1 aromatic carbocycles. The largest absolute Gasteiger partial charge is 0.493 e. The molecular formula is C22H28N2O7. The highest BCUT2D eigenvalue weighted by Crippen LogP contribution is 2.36. The summed E-state index contributed by atoms with van der Waals surface area (Å²) in [6.45, 7) is 5.79. The third-order valence-electron chi connectivity index (χ3n) is 4.45. The van der Waals surface area contributed by atoms with E-state index in [2.05, 4.69) is 10.3 Å². The van der Waals surface area contributed by atoms with Gasteiger partial charge in [-0.15, -0.1) is 0 Å². The number of methoxy groups -OCH3 is 2. The molecule has 0 aliphatic heterocycles. The fourth-order valence-electron chi connectivity index (χ4n) is 2.73. The number of rotatable bonds is 8. The molecule has 1 fully saturated rings. The van der Waals surface area contributed by atoms with Gasteiger partial charge in [-0.05, 0) is 57.7 Å². The van der Waals surface area contributed by atoms with Crippen LogP contribution < -0.4 is 14.8 Å². The minimum absolute atomic E-state index is 0.0233. The van der Waals surface area contributed by atoms with Crippen LogP contribution in [0.1, 0.15) is 49.9 Å². The molecule has 31 heavy (non-hydrogen) atoms. The van der Waals surface area contributed by atoms with E-state index >= 15 is 0 Å². The maximum atomic E-state index is 12.2. The molecule has 0 radical (unpaired) electrons. The first-order valence-corrected chi connectivity index (χ1v) is 10.1. The molecule has 0 unspecified atom stereocenters. The number of carbonyl (C=O) groups excluding carboxylic acids is 2. The second kappa shape index (κ2) is 9.28. The Morgan fingerprint density at radius 2 is 1.94 bits per heavy atom. The zero-order valence-corrected chi connectivity index (χ0v) is 18.4. The van der Waals surface area contributed by atoms with Crippen LogP contribution in [0.2, 0.25) is 0 Å². The quantitative estimate of drug-likeness (QED) is 0.625. The fourth-order valence-corrected chi connectivity index (χ4v) is 2.73. The van der Waals surface area contributed by atoms with Crippen molar-refractivity contribution in [2.75, 3.05) is 20.8 Å². The number of nitrogens with one attached hydrogen (secondary N) is 1. The third-order valence-corrected chi connectivity index (χ3v) is 4.45. The van der Waals surface area contributed by atoms with E-state index in [9.17, 15) is 9.59 Å². The summed E-state index contributed by atoms with van der Waals surface area (Å²) in [6.07, 6.45) is 1.69. The number of aromatic nitrogens is 1. The van der Waals surface area contributed by atoms with Crippen molar-refractivity contribution >= 4 is 12.1 Å². The normalized spacial score (nSPS) is 13.5. The first-order valence-electron chi connectivity index (χ1n) is 10.1. The van der Waals surface area contributed by atoms with Gasteiger partial charge in [0.05, 0.1) is 27.4 Å². The van der Waals surface area contributed by atoms with Crippen LogP contribution in [0.25, 0.3) is 11.5 Å². The Hall–Kier alpha value is -3.23. The number of oxazole rings is 1. The van der Waals surface area contributed by atoms with Crippen molar-refractivity contribution in [3.05, 3.63) is 29.7 Å². The van der Waals surface area contributed by atoms with Crippen LogP contribution >= 0.6 is 0 Å². The van der Waals surface area contributed by atoms with Crippen molar-refractivity contribution in [2.45, 2.75) is 45.8 Å². The number of alkyl carbamates (subject to hydrolysis) is 1. The molecule has 0 saturated heterocycles. The Balaban J connectivity index is 1.83. The van der Waals surface area contributed by atoms with E-state index in [-0.39, 0.29) is 23.9 Å². The average molecular weight is 432 g/mol. The molecule has 9 heteroatoms. The number of hydrogen-bond donors (Lipinski definition) is 1. The predicted octanol–water partition coefficient (Wildman–Crippen LogP) is 3.95.